The largest absolute Gasteiger partial charge is 0.399 e. The van der Waals surface area contributed by atoms with E-state index in [2.05, 4.69) is 0 Å². The summed E-state index contributed by atoms with van der Waals surface area (Å²) in [7, 11) is 0. The standard InChI is InChI=1S/C13H18N2O/c1-2-15(13(16)8-10-6-7-10)12-5-3-4-11(14)9-12/h3-5,9-10H,2,6-8,14H2,1H3. The predicted molar refractivity (Wildman–Crippen MR) is 66.2 cm³/mol. The first-order chi connectivity index (χ1) is 7.70. The summed E-state index contributed by atoms with van der Waals surface area (Å²) in [6.07, 6.45) is 3.10. The summed E-state index contributed by atoms with van der Waals surface area (Å²) in [5.74, 6) is 0.846. The van der Waals surface area contributed by atoms with Crippen molar-refractivity contribution < 1.29 is 4.79 Å². The lowest BCUT2D eigenvalue weighted by Crippen LogP contribution is -2.30. The van der Waals surface area contributed by atoms with Gasteiger partial charge < -0.3 is 10.6 Å². The molecule has 1 aliphatic carbocycles. The fourth-order valence-electron chi connectivity index (χ4n) is 1.87. The Morgan fingerprint density at radius 1 is 1.50 bits per heavy atom. The molecular formula is C13H18N2O. The predicted octanol–water partition coefficient (Wildman–Crippen LogP) is 2.42. The molecule has 1 fully saturated rings. The van der Waals surface area contributed by atoms with Crippen molar-refractivity contribution in [2.45, 2.75) is 26.2 Å². The van der Waals surface area contributed by atoms with Crippen molar-refractivity contribution in [2.24, 2.45) is 5.92 Å². The first-order valence-corrected chi connectivity index (χ1v) is 5.86. The third-order valence-corrected chi connectivity index (χ3v) is 2.96. The van der Waals surface area contributed by atoms with Gasteiger partial charge in [0.2, 0.25) is 5.91 Å². The van der Waals surface area contributed by atoms with Crippen molar-refractivity contribution in [1.29, 1.82) is 0 Å². The SMILES string of the molecule is CCN(C(=O)CC1CC1)c1cccc(N)c1. The number of nitrogens with zero attached hydrogens (tertiary/aromatic N) is 1. The van der Waals surface area contributed by atoms with Gasteiger partial charge in [0.15, 0.2) is 0 Å². The Morgan fingerprint density at radius 3 is 2.81 bits per heavy atom. The fourth-order valence-corrected chi connectivity index (χ4v) is 1.87. The van der Waals surface area contributed by atoms with Crippen molar-refractivity contribution in [2.75, 3.05) is 17.2 Å². The van der Waals surface area contributed by atoms with Crippen LogP contribution in [-0.2, 0) is 4.79 Å². The zero-order chi connectivity index (χ0) is 11.5. The molecule has 3 nitrogen and oxygen atoms in total. The van der Waals surface area contributed by atoms with Gasteiger partial charge in [0.1, 0.15) is 0 Å². The average Bonchev–Trinajstić information content (AvgIpc) is 3.03. The van der Waals surface area contributed by atoms with Gasteiger partial charge in [-0.1, -0.05) is 6.07 Å². The van der Waals surface area contributed by atoms with Crippen LogP contribution in [0.1, 0.15) is 26.2 Å². The van der Waals surface area contributed by atoms with E-state index in [1.165, 1.54) is 12.8 Å². The van der Waals surface area contributed by atoms with Crippen molar-refractivity contribution in [3.8, 4) is 0 Å². The van der Waals surface area contributed by atoms with Crippen LogP contribution in [0.15, 0.2) is 24.3 Å². The molecule has 0 spiro atoms. The van der Waals surface area contributed by atoms with Gasteiger partial charge in [-0.05, 0) is 43.9 Å². The average molecular weight is 218 g/mol. The summed E-state index contributed by atoms with van der Waals surface area (Å²) in [4.78, 5) is 13.8. The van der Waals surface area contributed by atoms with E-state index in [4.69, 9.17) is 5.73 Å². The molecule has 0 aliphatic heterocycles. The van der Waals surface area contributed by atoms with Gasteiger partial charge >= 0.3 is 0 Å². The summed E-state index contributed by atoms with van der Waals surface area (Å²) in [6, 6.07) is 7.51. The molecule has 0 unspecified atom stereocenters. The lowest BCUT2D eigenvalue weighted by Gasteiger charge is -2.21. The first-order valence-electron chi connectivity index (χ1n) is 5.86. The van der Waals surface area contributed by atoms with E-state index in [0.29, 0.717) is 24.6 Å². The van der Waals surface area contributed by atoms with Gasteiger partial charge in [0.05, 0.1) is 0 Å². The third-order valence-electron chi connectivity index (χ3n) is 2.96. The van der Waals surface area contributed by atoms with Gasteiger partial charge in [0, 0.05) is 24.3 Å². The lowest BCUT2D eigenvalue weighted by atomic mass is 10.2. The normalized spacial score (nSPS) is 14.8. The molecule has 86 valence electrons. The van der Waals surface area contributed by atoms with Gasteiger partial charge in [-0.2, -0.15) is 0 Å². The molecule has 0 bridgehead atoms. The molecular weight excluding hydrogens is 200 g/mol. The minimum absolute atomic E-state index is 0.218. The van der Waals surface area contributed by atoms with E-state index in [-0.39, 0.29) is 5.91 Å². The highest BCUT2D eigenvalue weighted by molar-refractivity contribution is 5.94. The van der Waals surface area contributed by atoms with Crippen molar-refractivity contribution in [1.82, 2.24) is 0 Å². The Labute approximate surface area is 96.2 Å². The Hall–Kier alpha value is -1.51. The molecule has 1 amide bonds. The topological polar surface area (TPSA) is 46.3 Å². The van der Waals surface area contributed by atoms with Gasteiger partial charge in [-0.25, -0.2) is 0 Å². The van der Waals surface area contributed by atoms with Crippen LogP contribution in [0.5, 0.6) is 0 Å². The maximum atomic E-state index is 12.0. The monoisotopic (exact) mass is 218 g/mol. The minimum atomic E-state index is 0.218. The fraction of sp³-hybridized carbons (Fsp3) is 0.462. The summed E-state index contributed by atoms with van der Waals surface area (Å²) >= 11 is 0. The summed E-state index contributed by atoms with van der Waals surface area (Å²) in [5, 5.41) is 0. The van der Waals surface area contributed by atoms with Crippen LogP contribution in [0.4, 0.5) is 11.4 Å². The van der Waals surface area contributed by atoms with E-state index in [1.54, 1.807) is 0 Å². The van der Waals surface area contributed by atoms with Crippen LogP contribution >= 0.6 is 0 Å². The Bertz CT molecular complexity index is 385. The minimum Gasteiger partial charge on any atom is -0.399 e. The van der Waals surface area contributed by atoms with Crippen molar-refractivity contribution in [3.05, 3.63) is 24.3 Å². The van der Waals surface area contributed by atoms with Gasteiger partial charge in [-0.15, -0.1) is 0 Å². The number of anilines is 2. The molecule has 16 heavy (non-hydrogen) atoms. The number of benzene rings is 1. The molecule has 1 aromatic rings. The number of carbonyl (C=O) groups excluding carboxylic acids is 1. The Balaban J connectivity index is 2.11. The molecule has 0 radical (unpaired) electrons. The Kier molecular flexibility index (Phi) is 3.13. The molecule has 0 saturated heterocycles. The second kappa shape index (κ2) is 4.56. The van der Waals surface area contributed by atoms with E-state index >= 15 is 0 Å². The quantitative estimate of drug-likeness (QED) is 0.789. The molecule has 1 saturated carbocycles. The van der Waals surface area contributed by atoms with Crippen LogP contribution in [-0.4, -0.2) is 12.5 Å². The number of rotatable bonds is 4. The number of nitrogens with two attached hydrogens (primary N) is 1. The molecule has 2 N–H and O–H groups in total. The smallest absolute Gasteiger partial charge is 0.227 e. The zero-order valence-corrected chi connectivity index (χ0v) is 9.65. The second-order valence-electron chi connectivity index (χ2n) is 4.38. The molecule has 0 atom stereocenters. The van der Waals surface area contributed by atoms with Crippen LogP contribution < -0.4 is 10.6 Å². The highest BCUT2D eigenvalue weighted by atomic mass is 16.2. The number of hydrogen-bond acceptors (Lipinski definition) is 2. The van der Waals surface area contributed by atoms with Crippen LogP contribution in [0.25, 0.3) is 0 Å². The number of nitrogen functional groups attached to an aromatic ring is 1. The highest BCUT2D eigenvalue weighted by Gasteiger charge is 2.27. The first kappa shape index (κ1) is 11.0. The van der Waals surface area contributed by atoms with Crippen molar-refractivity contribution in [3.63, 3.8) is 0 Å². The van der Waals surface area contributed by atoms with Crippen LogP contribution in [0, 0.1) is 5.92 Å². The van der Waals surface area contributed by atoms with E-state index in [1.807, 2.05) is 36.1 Å². The van der Waals surface area contributed by atoms with E-state index in [9.17, 15) is 4.79 Å². The van der Waals surface area contributed by atoms with Crippen LogP contribution in [0.3, 0.4) is 0 Å². The summed E-state index contributed by atoms with van der Waals surface area (Å²) < 4.78 is 0. The maximum Gasteiger partial charge on any atom is 0.227 e. The highest BCUT2D eigenvalue weighted by Crippen LogP contribution is 2.33. The van der Waals surface area contributed by atoms with E-state index < -0.39 is 0 Å². The molecule has 0 aromatic heterocycles. The molecule has 3 heteroatoms. The van der Waals surface area contributed by atoms with Gasteiger partial charge in [-0.3, -0.25) is 4.79 Å². The summed E-state index contributed by atoms with van der Waals surface area (Å²) in [5.41, 5.74) is 7.34. The van der Waals surface area contributed by atoms with Crippen LogP contribution in [0.2, 0.25) is 0 Å². The second-order valence-corrected chi connectivity index (χ2v) is 4.38. The van der Waals surface area contributed by atoms with E-state index in [0.717, 1.165) is 5.69 Å². The number of amides is 1. The molecule has 1 aliphatic rings. The molecule has 2 rings (SSSR count). The zero-order valence-electron chi connectivity index (χ0n) is 9.65. The van der Waals surface area contributed by atoms with Crippen molar-refractivity contribution >= 4 is 17.3 Å². The maximum absolute atomic E-state index is 12.0. The molecule has 1 aromatic carbocycles. The summed E-state index contributed by atoms with van der Waals surface area (Å²) in [6.45, 7) is 2.70. The third kappa shape index (κ3) is 2.54. The lowest BCUT2D eigenvalue weighted by molar-refractivity contribution is -0.118. The number of hydrogen-bond donors (Lipinski definition) is 1. The molecule has 0 heterocycles. The van der Waals surface area contributed by atoms with Gasteiger partial charge in [0.25, 0.3) is 0 Å². The Morgan fingerprint density at radius 2 is 2.25 bits per heavy atom. The number of carbonyl (C=O) groups is 1.